The minimum atomic E-state index is -0.502. The number of Topliss-reactive ketones (excluding diaryl/α,β-unsaturated/α-hetero) is 1. The highest BCUT2D eigenvalue weighted by Crippen LogP contribution is 2.49. The first-order valence-corrected chi connectivity index (χ1v) is 10.4. The number of hydrogen-bond acceptors (Lipinski definition) is 6. The third-order valence-electron chi connectivity index (χ3n) is 5.34. The van der Waals surface area contributed by atoms with E-state index in [1.165, 1.54) is 11.8 Å². The van der Waals surface area contributed by atoms with Gasteiger partial charge in [0.2, 0.25) is 0 Å². The topological polar surface area (TPSA) is 84.1 Å². The number of methoxy groups -OCH3 is 1. The van der Waals surface area contributed by atoms with Crippen molar-refractivity contribution in [2.75, 3.05) is 18.7 Å². The molecular weight excluding hydrogens is 374 g/mol. The number of carbonyl (C=O) groups excluding carboxylic acids is 1. The molecule has 0 fully saturated rings. The number of ketones is 1. The average Bonchev–Trinajstić information content (AvgIpc) is 2.65. The minimum Gasteiger partial charge on any atom is -0.496 e. The molecule has 1 atom stereocenters. The summed E-state index contributed by atoms with van der Waals surface area (Å²) >= 11 is 1.38. The van der Waals surface area contributed by atoms with Gasteiger partial charge >= 0.3 is 0 Å². The first-order chi connectivity index (χ1) is 13.3. The minimum absolute atomic E-state index is 0.0636. The number of anilines is 1. The third-order valence-corrected chi connectivity index (χ3v) is 5.92. The number of thioether (sulfide) groups is 1. The van der Waals surface area contributed by atoms with Gasteiger partial charge in [0, 0.05) is 23.3 Å². The molecule has 7 heteroatoms. The van der Waals surface area contributed by atoms with Crippen LogP contribution in [0.5, 0.6) is 5.75 Å². The van der Waals surface area contributed by atoms with Gasteiger partial charge in [0.1, 0.15) is 11.6 Å². The maximum absolute atomic E-state index is 13.2. The van der Waals surface area contributed by atoms with Crippen LogP contribution in [0.25, 0.3) is 0 Å². The molecule has 0 amide bonds. The molecule has 6 nitrogen and oxygen atoms in total. The van der Waals surface area contributed by atoms with Crippen LogP contribution >= 0.6 is 11.8 Å². The van der Waals surface area contributed by atoms with Crippen LogP contribution in [-0.2, 0) is 4.79 Å². The Balaban J connectivity index is 2.02. The quantitative estimate of drug-likeness (QED) is 0.607. The van der Waals surface area contributed by atoms with E-state index in [9.17, 15) is 9.59 Å². The van der Waals surface area contributed by atoms with Crippen LogP contribution < -0.4 is 15.6 Å². The Hall–Kier alpha value is -2.54. The number of aromatic nitrogens is 2. The van der Waals surface area contributed by atoms with Crippen LogP contribution in [0.15, 0.2) is 45.5 Å². The lowest BCUT2D eigenvalue weighted by atomic mass is 9.69. The zero-order chi connectivity index (χ0) is 20.1. The summed E-state index contributed by atoms with van der Waals surface area (Å²) in [6.45, 7) is 4.17. The van der Waals surface area contributed by atoms with E-state index < -0.39 is 5.92 Å². The molecule has 0 saturated carbocycles. The van der Waals surface area contributed by atoms with Crippen LogP contribution in [0.4, 0.5) is 5.82 Å². The largest absolute Gasteiger partial charge is 0.496 e. The zero-order valence-electron chi connectivity index (χ0n) is 16.4. The summed E-state index contributed by atoms with van der Waals surface area (Å²) in [5.74, 6) is 0.734. The van der Waals surface area contributed by atoms with Crippen molar-refractivity contribution in [2.45, 2.75) is 37.8 Å². The van der Waals surface area contributed by atoms with Crippen molar-refractivity contribution in [1.29, 1.82) is 0 Å². The smallest absolute Gasteiger partial charge is 0.257 e. The van der Waals surface area contributed by atoms with E-state index in [0.717, 1.165) is 17.7 Å². The lowest BCUT2D eigenvalue weighted by Gasteiger charge is -2.38. The Morgan fingerprint density at radius 2 is 1.96 bits per heavy atom. The number of carbonyl (C=O) groups is 1. The highest BCUT2D eigenvalue weighted by atomic mass is 32.2. The van der Waals surface area contributed by atoms with Gasteiger partial charge in [-0.05, 0) is 24.2 Å². The number of para-hydroxylation sites is 1. The number of aromatic amines is 1. The van der Waals surface area contributed by atoms with Gasteiger partial charge in [-0.15, -0.1) is 0 Å². The van der Waals surface area contributed by atoms with Crippen molar-refractivity contribution in [3.8, 4) is 5.75 Å². The van der Waals surface area contributed by atoms with E-state index in [4.69, 9.17) is 4.74 Å². The second kappa shape index (κ2) is 6.81. The number of rotatable bonds is 3. The maximum Gasteiger partial charge on any atom is 0.257 e. The van der Waals surface area contributed by atoms with Gasteiger partial charge in [-0.3, -0.25) is 9.59 Å². The lowest BCUT2D eigenvalue weighted by Crippen LogP contribution is -2.37. The lowest BCUT2D eigenvalue weighted by molar-refractivity contribution is -0.118. The predicted octanol–water partition coefficient (Wildman–Crippen LogP) is 3.70. The Bertz CT molecular complexity index is 1060. The normalized spacial score (nSPS) is 20.3. The van der Waals surface area contributed by atoms with Gasteiger partial charge in [0.15, 0.2) is 10.9 Å². The molecule has 1 aromatic heterocycles. The Morgan fingerprint density at radius 1 is 1.21 bits per heavy atom. The second-order valence-corrected chi connectivity index (χ2v) is 8.77. The highest BCUT2D eigenvalue weighted by Gasteiger charge is 2.43. The SMILES string of the molecule is COc1ccccc1C1C2=C(CC(C)(C)CC2=O)Nc2nc(SC)[nH]c(=O)c21. The van der Waals surface area contributed by atoms with Crippen LogP contribution in [0, 0.1) is 5.41 Å². The average molecular weight is 398 g/mol. The number of fused-ring (bicyclic) bond motifs is 1. The van der Waals surface area contributed by atoms with Crippen molar-refractivity contribution in [3.05, 3.63) is 57.0 Å². The molecule has 146 valence electrons. The molecule has 0 bridgehead atoms. The second-order valence-electron chi connectivity index (χ2n) is 7.97. The molecule has 4 rings (SSSR count). The Morgan fingerprint density at radius 3 is 2.68 bits per heavy atom. The molecular formula is C21H23N3O3S. The fourth-order valence-corrected chi connectivity index (χ4v) is 4.58. The molecule has 28 heavy (non-hydrogen) atoms. The van der Waals surface area contributed by atoms with Gasteiger partial charge in [-0.1, -0.05) is 43.8 Å². The van der Waals surface area contributed by atoms with Crippen LogP contribution in [-0.4, -0.2) is 29.1 Å². The predicted molar refractivity (Wildman–Crippen MR) is 110 cm³/mol. The summed E-state index contributed by atoms with van der Waals surface area (Å²) < 4.78 is 5.56. The molecule has 0 spiro atoms. The molecule has 1 aromatic carbocycles. The zero-order valence-corrected chi connectivity index (χ0v) is 17.2. The van der Waals surface area contributed by atoms with E-state index in [0.29, 0.717) is 34.3 Å². The van der Waals surface area contributed by atoms with E-state index >= 15 is 0 Å². The van der Waals surface area contributed by atoms with Crippen molar-refractivity contribution in [3.63, 3.8) is 0 Å². The van der Waals surface area contributed by atoms with E-state index in [1.54, 1.807) is 7.11 Å². The molecule has 1 aliphatic carbocycles. The van der Waals surface area contributed by atoms with Crippen molar-refractivity contribution in [2.24, 2.45) is 5.41 Å². The number of allylic oxidation sites excluding steroid dienone is 2. The third kappa shape index (κ3) is 3.03. The molecule has 2 N–H and O–H groups in total. The van der Waals surface area contributed by atoms with Crippen molar-refractivity contribution < 1.29 is 9.53 Å². The highest BCUT2D eigenvalue weighted by molar-refractivity contribution is 7.98. The molecule has 0 radical (unpaired) electrons. The van der Waals surface area contributed by atoms with Gasteiger partial charge in [-0.25, -0.2) is 4.98 Å². The van der Waals surface area contributed by atoms with Gasteiger partial charge < -0.3 is 15.0 Å². The van der Waals surface area contributed by atoms with Crippen LogP contribution in [0.2, 0.25) is 0 Å². The van der Waals surface area contributed by atoms with Gasteiger partial charge in [0.25, 0.3) is 5.56 Å². The Kier molecular flexibility index (Phi) is 4.57. The first kappa shape index (κ1) is 18.8. The molecule has 1 aliphatic heterocycles. The van der Waals surface area contributed by atoms with Crippen LogP contribution in [0.1, 0.15) is 43.7 Å². The number of nitrogens with one attached hydrogen (secondary N) is 2. The summed E-state index contributed by atoms with van der Waals surface area (Å²) in [5, 5.41) is 3.85. The monoisotopic (exact) mass is 397 g/mol. The van der Waals surface area contributed by atoms with E-state index in [1.807, 2.05) is 30.5 Å². The number of hydrogen-bond donors (Lipinski definition) is 2. The Labute approximate surface area is 167 Å². The summed E-state index contributed by atoms with van der Waals surface area (Å²) in [6, 6.07) is 7.55. The van der Waals surface area contributed by atoms with Gasteiger partial charge in [-0.2, -0.15) is 0 Å². The molecule has 2 aliphatic rings. The fourth-order valence-electron chi connectivity index (χ4n) is 4.21. The number of nitrogens with zero attached hydrogens (tertiary/aromatic N) is 1. The van der Waals surface area contributed by atoms with Gasteiger partial charge in [0.05, 0.1) is 18.6 Å². The maximum atomic E-state index is 13.2. The number of H-pyrrole nitrogens is 1. The molecule has 1 unspecified atom stereocenters. The standard InChI is InChI=1S/C21H23N3O3S/c1-21(2)9-12-16(13(25)10-21)15(11-7-5-6-8-14(11)27-3)17-18(22-12)23-20(28-4)24-19(17)26/h5-8,15H,9-10H2,1-4H3,(H2,22,23,24,26). The molecule has 2 aromatic rings. The van der Waals surface area contributed by atoms with Crippen molar-refractivity contribution in [1.82, 2.24) is 9.97 Å². The van der Waals surface area contributed by atoms with E-state index in [2.05, 4.69) is 29.1 Å². The number of benzene rings is 1. The molecule has 0 saturated heterocycles. The summed E-state index contributed by atoms with van der Waals surface area (Å²) in [4.78, 5) is 33.6. The van der Waals surface area contributed by atoms with Crippen LogP contribution in [0.3, 0.4) is 0 Å². The summed E-state index contributed by atoms with van der Waals surface area (Å²) in [5.41, 5.74) is 2.40. The summed E-state index contributed by atoms with van der Waals surface area (Å²) in [7, 11) is 1.60. The van der Waals surface area contributed by atoms with E-state index in [-0.39, 0.29) is 16.8 Å². The fraction of sp³-hybridized carbons (Fsp3) is 0.381. The molecule has 2 heterocycles. The number of ether oxygens (including phenoxy) is 1. The first-order valence-electron chi connectivity index (χ1n) is 9.19. The van der Waals surface area contributed by atoms with Crippen molar-refractivity contribution >= 4 is 23.4 Å². The summed E-state index contributed by atoms with van der Waals surface area (Å²) in [6.07, 6.45) is 3.04.